The molecular weight excluding hydrogens is 849 g/mol. The Labute approximate surface area is 397 Å². The molecule has 0 aliphatic heterocycles. The third-order valence-corrected chi connectivity index (χ3v) is 9.58. The third kappa shape index (κ3) is 45.9. The Morgan fingerprint density at radius 2 is 1.12 bits per heavy atom. The second-order valence-corrected chi connectivity index (χ2v) is 15.2. The average molecular weight is 941 g/mol. The molecule has 0 saturated carbocycles. The Bertz CT molecular complexity index is 1330. The lowest BCUT2D eigenvalue weighted by molar-refractivity contribution is -0.135. The predicted octanol–water partition coefficient (Wildman–Crippen LogP) is 5.41. The van der Waals surface area contributed by atoms with E-state index in [2.05, 4.69) is 22.9 Å². The minimum atomic E-state index is -0.933. The summed E-state index contributed by atoms with van der Waals surface area (Å²) in [7, 11) is 0. The van der Waals surface area contributed by atoms with E-state index in [4.69, 9.17) is 31.6 Å². The first-order valence-corrected chi connectivity index (χ1v) is 24.2. The smallest absolute Gasteiger partial charge is 0.252 e. The van der Waals surface area contributed by atoms with Crippen molar-refractivity contribution in [3.05, 3.63) is 24.0 Å². The first kappa shape index (κ1) is 67.9. The normalized spacial score (nSPS) is 11.5. The van der Waals surface area contributed by atoms with Gasteiger partial charge in [0.25, 0.3) is 5.91 Å². The Morgan fingerprint density at radius 3 is 1.65 bits per heavy atom. The molecule has 6 amide bonds. The van der Waals surface area contributed by atoms with E-state index in [9.17, 15) is 33.6 Å². The molecule has 0 bridgehead atoms. The van der Waals surface area contributed by atoms with Crippen LogP contribution in [0.4, 0.5) is 0 Å². The van der Waals surface area contributed by atoms with Crippen molar-refractivity contribution in [3.63, 3.8) is 0 Å². The summed E-state index contributed by atoms with van der Waals surface area (Å²) in [4.78, 5) is 94.3. The van der Waals surface area contributed by atoms with Crippen LogP contribution in [0.25, 0.3) is 0 Å². The summed E-state index contributed by atoms with van der Waals surface area (Å²) in [6.45, 7) is 17.2. The van der Waals surface area contributed by atoms with Crippen LogP contribution in [-0.4, -0.2) is 116 Å². The van der Waals surface area contributed by atoms with Crippen LogP contribution >= 0.6 is 0 Å². The molecule has 384 valence electrons. The molecule has 66 heavy (non-hydrogen) atoms. The third-order valence-electron chi connectivity index (χ3n) is 9.58. The molecule has 0 spiro atoms. The van der Waals surface area contributed by atoms with Crippen LogP contribution in [0.15, 0.2) is 24.0 Å². The number of unbranched alkanes of at least 4 members (excludes halogenated alkanes) is 8. The number of hydrogen-bond donors (Lipinski definition) is 6. The van der Waals surface area contributed by atoms with Crippen molar-refractivity contribution < 1.29 is 47.8 Å². The van der Waals surface area contributed by atoms with Gasteiger partial charge in [-0.1, -0.05) is 85.6 Å². The number of ether oxygens (including phenoxy) is 2. The van der Waals surface area contributed by atoms with Crippen molar-refractivity contribution in [2.24, 2.45) is 17.3 Å². The van der Waals surface area contributed by atoms with Gasteiger partial charge in [-0.3, -0.25) is 33.7 Å². The fraction of sp³-hybridized carbons (Fsp3) is 0.750. The van der Waals surface area contributed by atoms with Gasteiger partial charge < -0.3 is 51.5 Å². The molecule has 0 aliphatic carbocycles. The zero-order chi connectivity index (χ0) is 50.9. The van der Waals surface area contributed by atoms with Gasteiger partial charge in [0.15, 0.2) is 0 Å². The van der Waals surface area contributed by atoms with Crippen molar-refractivity contribution in [2.75, 3.05) is 52.6 Å². The number of hydrogen-bond acceptors (Lipinski definition) is 13. The van der Waals surface area contributed by atoms with Gasteiger partial charge in [0.2, 0.25) is 30.0 Å². The highest BCUT2D eigenvalue weighted by Crippen LogP contribution is 2.27. The standard InChI is InChI=1S/C42H76N8O9.C2H4O.2C2H6/c1-4-6-16-36(43)33-50(45)28-30-59-32-31-58-29-26-47-39(55)21-24-42(22-19-35(3)52,23-20-37(44)53)48-40(56)18-14-12-10-8-7-9-11-13-17-38(54)46-25-27-49(34-51)41(57)15-5-2;1-2-3;2*1-2/h5,15,33-34H,4,6-14,16-32,43,45H2,1-3H3,(H2,44,53)(H,46,54)(H,47,55)(H,48,56);2H,1H3;2*1-2H3/b15-5-,36-33-;;;. The molecule has 0 rings (SSSR count). The number of nitrogens with one attached hydrogen (secondary N) is 3. The zero-order valence-corrected chi connectivity index (χ0v) is 42.2. The monoisotopic (exact) mass is 941 g/mol. The van der Waals surface area contributed by atoms with E-state index >= 15 is 0 Å². The van der Waals surface area contributed by atoms with E-state index in [-0.39, 0.29) is 88.3 Å². The van der Waals surface area contributed by atoms with Crippen molar-refractivity contribution in [1.82, 2.24) is 25.9 Å². The Hall–Kier alpha value is -4.68. The van der Waals surface area contributed by atoms with Gasteiger partial charge in [0.05, 0.1) is 33.0 Å². The zero-order valence-electron chi connectivity index (χ0n) is 42.2. The number of nitrogens with two attached hydrogens (primary N) is 3. The summed E-state index contributed by atoms with van der Waals surface area (Å²) in [6.07, 6.45) is 17.5. The second-order valence-electron chi connectivity index (χ2n) is 15.2. The maximum Gasteiger partial charge on any atom is 0.252 e. The lowest BCUT2D eigenvalue weighted by Crippen LogP contribution is -2.50. The van der Waals surface area contributed by atoms with Crippen LogP contribution in [0.3, 0.4) is 0 Å². The first-order valence-electron chi connectivity index (χ1n) is 24.2. The molecule has 0 aromatic carbocycles. The van der Waals surface area contributed by atoms with E-state index in [0.29, 0.717) is 52.0 Å². The Morgan fingerprint density at radius 1 is 0.621 bits per heavy atom. The fourth-order valence-corrected chi connectivity index (χ4v) is 6.11. The van der Waals surface area contributed by atoms with Gasteiger partial charge in [0, 0.05) is 69.2 Å². The second kappa shape index (κ2) is 49.7. The number of nitrogens with zero attached hydrogens (tertiary/aromatic N) is 2. The molecule has 0 aromatic heterocycles. The summed E-state index contributed by atoms with van der Waals surface area (Å²) >= 11 is 0. The van der Waals surface area contributed by atoms with E-state index < -0.39 is 17.4 Å². The molecule has 0 aromatic rings. The van der Waals surface area contributed by atoms with Gasteiger partial charge in [-0.2, -0.15) is 0 Å². The SMILES string of the molecule is C/C=C\C(=O)N(C=O)CCNC(=O)CCCCCCCCCCC(=O)NC(CCC(C)=O)(CCC(N)=O)CCC(=O)NCCOCCOCCN(N)/C=C(\N)CCCC.CC.CC.CC=O. The van der Waals surface area contributed by atoms with Crippen molar-refractivity contribution in [3.8, 4) is 0 Å². The van der Waals surface area contributed by atoms with E-state index in [1.807, 2.05) is 27.7 Å². The number of imide groups is 1. The maximum absolute atomic E-state index is 13.2. The van der Waals surface area contributed by atoms with Crippen LogP contribution in [0.2, 0.25) is 0 Å². The highest BCUT2D eigenvalue weighted by Gasteiger charge is 2.33. The molecule has 18 heteroatoms. The number of aldehydes is 1. The molecule has 1 unspecified atom stereocenters. The maximum atomic E-state index is 13.2. The fourth-order valence-electron chi connectivity index (χ4n) is 6.11. The van der Waals surface area contributed by atoms with Crippen LogP contribution in [0.5, 0.6) is 0 Å². The van der Waals surface area contributed by atoms with Gasteiger partial charge in [-0.15, -0.1) is 0 Å². The van der Waals surface area contributed by atoms with Crippen LogP contribution in [0.1, 0.15) is 177 Å². The average Bonchev–Trinajstić information content (AvgIpc) is 3.29. The van der Waals surface area contributed by atoms with Crippen LogP contribution in [0, 0.1) is 0 Å². The molecule has 1 atom stereocenters. The van der Waals surface area contributed by atoms with Gasteiger partial charge in [0.1, 0.15) is 12.1 Å². The molecule has 0 aliphatic rings. The lowest BCUT2D eigenvalue weighted by Gasteiger charge is -2.35. The topological polar surface area (TPSA) is 276 Å². The summed E-state index contributed by atoms with van der Waals surface area (Å²) < 4.78 is 11.1. The van der Waals surface area contributed by atoms with Crippen molar-refractivity contribution in [2.45, 2.75) is 183 Å². The molecule has 0 heterocycles. The number of carbonyl (C=O) groups excluding carboxylic acids is 8. The summed E-state index contributed by atoms with van der Waals surface area (Å²) in [5.41, 5.74) is 11.2. The predicted molar refractivity (Wildman–Crippen MR) is 262 cm³/mol. The summed E-state index contributed by atoms with van der Waals surface area (Å²) in [5.74, 6) is 4.37. The minimum absolute atomic E-state index is 0.00680. The number of amides is 6. The Balaban J connectivity index is -0.00000259. The molecule has 0 saturated heterocycles. The molecule has 0 radical (unpaired) electrons. The number of Topliss-reactive ketones (excluding diaryl/α,β-unsaturated/α-hetero) is 1. The number of carbonyl (C=O) groups is 8. The minimum Gasteiger partial charge on any atom is -0.401 e. The number of primary amides is 1. The van der Waals surface area contributed by atoms with E-state index in [1.165, 1.54) is 24.9 Å². The number of rotatable bonds is 39. The quantitative estimate of drug-likeness (QED) is 0.0148. The molecular formula is C48H92N8O10. The molecule has 18 nitrogen and oxygen atoms in total. The summed E-state index contributed by atoms with van der Waals surface area (Å²) in [6, 6.07) is 0. The number of ketones is 1. The first-order chi connectivity index (χ1) is 31.7. The lowest BCUT2D eigenvalue weighted by atomic mass is 9.82. The largest absolute Gasteiger partial charge is 0.401 e. The highest BCUT2D eigenvalue weighted by atomic mass is 16.5. The van der Waals surface area contributed by atoms with Gasteiger partial charge >= 0.3 is 0 Å². The van der Waals surface area contributed by atoms with Crippen molar-refractivity contribution in [1.29, 1.82) is 0 Å². The van der Waals surface area contributed by atoms with Gasteiger partial charge in [-0.25, -0.2) is 5.84 Å². The van der Waals surface area contributed by atoms with Crippen LogP contribution in [-0.2, 0) is 47.8 Å². The Kier molecular flexibility index (Phi) is 51.2. The van der Waals surface area contributed by atoms with Gasteiger partial charge in [-0.05, 0) is 71.8 Å². The molecule has 0 fully saturated rings. The van der Waals surface area contributed by atoms with E-state index in [0.717, 1.165) is 81.1 Å². The molecule has 9 N–H and O–H groups in total. The summed E-state index contributed by atoms with van der Waals surface area (Å²) in [5, 5.41) is 10.1. The van der Waals surface area contributed by atoms with E-state index in [1.54, 1.807) is 19.2 Å². The number of allylic oxidation sites excluding steroid dienone is 2. The van der Waals surface area contributed by atoms with Crippen molar-refractivity contribution >= 4 is 48.0 Å². The van der Waals surface area contributed by atoms with Crippen LogP contribution < -0.4 is 33.3 Å². The number of hydrazine groups is 1. The highest BCUT2D eigenvalue weighted by molar-refractivity contribution is 5.94.